The molecule has 2 aliphatic heterocycles. The maximum atomic E-state index is 12.7. The zero-order valence-corrected chi connectivity index (χ0v) is 11.7. The van der Waals surface area contributed by atoms with Crippen molar-refractivity contribution in [3.05, 3.63) is 35.6 Å². The summed E-state index contributed by atoms with van der Waals surface area (Å²) in [6, 6.07) is 4.67. The molecule has 2 fully saturated rings. The molecule has 2 saturated heterocycles. The SMILES string of the molecule is O=C(CN1C(=O)N[C@@H]2NC(=O)N[C@H]21)N/N=C\c1ccc(F)cc1. The van der Waals surface area contributed by atoms with E-state index in [9.17, 15) is 18.8 Å². The highest BCUT2D eigenvalue weighted by molar-refractivity contribution is 5.89. The molecule has 23 heavy (non-hydrogen) atoms. The van der Waals surface area contributed by atoms with Crippen molar-refractivity contribution in [3.8, 4) is 0 Å². The molecule has 2 aliphatic rings. The predicted molar refractivity (Wildman–Crippen MR) is 76.6 cm³/mol. The van der Waals surface area contributed by atoms with Crippen molar-refractivity contribution in [1.29, 1.82) is 0 Å². The summed E-state index contributed by atoms with van der Waals surface area (Å²) < 4.78 is 12.7. The number of urea groups is 2. The summed E-state index contributed by atoms with van der Waals surface area (Å²) in [6.45, 7) is -0.268. The number of nitrogens with zero attached hydrogens (tertiary/aromatic N) is 2. The monoisotopic (exact) mass is 320 g/mol. The number of nitrogens with one attached hydrogen (secondary N) is 4. The molecule has 0 unspecified atom stereocenters. The van der Waals surface area contributed by atoms with Gasteiger partial charge in [-0.25, -0.2) is 19.4 Å². The van der Waals surface area contributed by atoms with Crippen LogP contribution >= 0.6 is 0 Å². The zero-order chi connectivity index (χ0) is 16.4. The predicted octanol–water partition coefficient (Wildman–Crippen LogP) is -0.734. The Labute approximate surface area is 129 Å². The van der Waals surface area contributed by atoms with Gasteiger partial charge < -0.3 is 16.0 Å². The van der Waals surface area contributed by atoms with Crippen LogP contribution in [0.5, 0.6) is 0 Å². The van der Waals surface area contributed by atoms with E-state index in [1.54, 1.807) is 0 Å². The summed E-state index contributed by atoms with van der Waals surface area (Å²) in [5.74, 6) is -0.895. The first kappa shape index (κ1) is 14.8. The summed E-state index contributed by atoms with van der Waals surface area (Å²) in [4.78, 5) is 35.9. The molecule has 9 nitrogen and oxygen atoms in total. The van der Waals surface area contributed by atoms with E-state index >= 15 is 0 Å². The Morgan fingerprint density at radius 1 is 1.26 bits per heavy atom. The van der Waals surface area contributed by atoms with Crippen molar-refractivity contribution in [2.45, 2.75) is 12.3 Å². The quantitative estimate of drug-likeness (QED) is 0.433. The fraction of sp³-hybridized carbons (Fsp3) is 0.231. The number of fused-ring (bicyclic) bond motifs is 1. The van der Waals surface area contributed by atoms with E-state index in [2.05, 4.69) is 26.5 Å². The number of hydrogen-bond donors (Lipinski definition) is 4. The van der Waals surface area contributed by atoms with Crippen LogP contribution in [-0.2, 0) is 4.79 Å². The van der Waals surface area contributed by atoms with Crippen LogP contribution < -0.4 is 21.4 Å². The van der Waals surface area contributed by atoms with Gasteiger partial charge in [-0.1, -0.05) is 12.1 Å². The molecule has 120 valence electrons. The first-order valence-electron chi connectivity index (χ1n) is 6.74. The number of carbonyl (C=O) groups is 3. The molecule has 3 rings (SSSR count). The summed E-state index contributed by atoms with van der Waals surface area (Å²) in [6.07, 6.45) is 0.163. The van der Waals surface area contributed by atoms with Crippen molar-refractivity contribution in [2.75, 3.05) is 6.54 Å². The van der Waals surface area contributed by atoms with Gasteiger partial charge in [-0.2, -0.15) is 5.10 Å². The number of carbonyl (C=O) groups excluding carboxylic acids is 3. The van der Waals surface area contributed by atoms with Gasteiger partial charge in [-0.3, -0.25) is 9.69 Å². The lowest BCUT2D eigenvalue weighted by atomic mass is 10.2. The zero-order valence-electron chi connectivity index (χ0n) is 11.7. The molecule has 1 aromatic carbocycles. The number of rotatable bonds is 4. The van der Waals surface area contributed by atoms with Gasteiger partial charge in [0.25, 0.3) is 5.91 Å². The highest BCUT2D eigenvalue weighted by Crippen LogP contribution is 2.13. The van der Waals surface area contributed by atoms with Crippen molar-refractivity contribution in [2.24, 2.45) is 5.10 Å². The maximum Gasteiger partial charge on any atom is 0.321 e. The van der Waals surface area contributed by atoms with E-state index in [1.807, 2.05) is 0 Å². The van der Waals surface area contributed by atoms with Crippen molar-refractivity contribution in [1.82, 2.24) is 26.3 Å². The molecule has 1 aromatic rings. The molecule has 10 heteroatoms. The Balaban J connectivity index is 1.54. The number of halogens is 1. The Morgan fingerprint density at radius 2 is 2.00 bits per heavy atom. The smallest absolute Gasteiger partial charge is 0.314 e. The van der Waals surface area contributed by atoms with Crippen LogP contribution in [0.25, 0.3) is 0 Å². The largest absolute Gasteiger partial charge is 0.321 e. The van der Waals surface area contributed by atoms with E-state index in [1.165, 1.54) is 35.4 Å². The average molecular weight is 320 g/mol. The molecule has 0 bridgehead atoms. The van der Waals surface area contributed by atoms with Crippen LogP contribution in [0.2, 0.25) is 0 Å². The first-order valence-corrected chi connectivity index (χ1v) is 6.74. The Kier molecular flexibility index (Phi) is 3.79. The second-order valence-electron chi connectivity index (χ2n) is 4.96. The third kappa shape index (κ3) is 3.20. The van der Waals surface area contributed by atoms with Gasteiger partial charge in [-0.15, -0.1) is 0 Å². The van der Waals surface area contributed by atoms with Gasteiger partial charge in [0.2, 0.25) is 0 Å². The standard InChI is InChI=1S/C13H13FN6O3/c14-8-3-1-7(2-4-8)5-15-19-9(21)6-20-11-10(17-13(20)23)16-12(22)18-11/h1-5,10-11H,6H2,(H,17,23)(H,19,21)(H2,16,18,22)/b15-5-/t10-,11-/m0/s1. The van der Waals surface area contributed by atoms with Gasteiger partial charge in [0.15, 0.2) is 0 Å². The van der Waals surface area contributed by atoms with Crippen molar-refractivity contribution < 1.29 is 18.8 Å². The Morgan fingerprint density at radius 3 is 2.74 bits per heavy atom. The third-order valence-electron chi connectivity index (χ3n) is 3.34. The average Bonchev–Trinajstić information content (AvgIpc) is 2.98. The summed E-state index contributed by atoms with van der Waals surface area (Å²) in [5, 5.41) is 11.3. The first-order chi connectivity index (χ1) is 11.0. The normalized spacial score (nSPS) is 22.6. The lowest BCUT2D eigenvalue weighted by molar-refractivity contribution is -0.121. The molecule has 5 amide bonds. The van der Waals surface area contributed by atoms with Crippen molar-refractivity contribution in [3.63, 3.8) is 0 Å². The number of benzene rings is 1. The van der Waals surface area contributed by atoms with E-state index in [4.69, 9.17) is 0 Å². The van der Waals surface area contributed by atoms with Crippen LogP contribution in [0.4, 0.5) is 14.0 Å². The Bertz CT molecular complexity index is 677. The number of hydrogen-bond acceptors (Lipinski definition) is 4. The fourth-order valence-corrected chi connectivity index (χ4v) is 2.28. The number of hydrazone groups is 1. The molecule has 0 aromatic heterocycles. The molecule has 0 spiro atoms. The van der Waals surface area contributed by atoms with Gasteiger partial charge in [0.05, 0.1) is 6.21 Å². The molecule has 0 saturated carbocycles. The van der Waals surface area contributed by atoms with Gasteiger partial charge >= 0.3 is 12.1 Å². The minimum Gasteiger partial charge on any atom is -0.314 e. The fourth-order valence-electron chi connectivity index (χ4n) is 2.28. The van der Waals surface area contributed by atoms with Crippen LogP contribution in [-0.4, -0.2) is 48.0 Å². The van der Waals surface area contributed by atoms with Gasteiger partial charge in [0, 0.05) is 0 Å². The topological polar surface area (TPSA) is 115 Å². The Hall–Kier alpha value is -3.17. The summed E-state index contributed by atoms with van der Waals surface area (Å²) >= 11 is 0. The van der Waals surface area contributed by atoms with Gasteiger partial charge in [-0.05, 0) is 17.7 Å². The highest BCUT2D eigenvalue weighted by atomic mass is 19.1. The third-order valence-corrected chi connectivity index (χ3v) is 3.34. The highest BCUT2D eigenvalue weighted by Gasteiger charge is 2.45. The summed E-state index contributed by atoms with van der Waals surface area (Å²) in [5.41, 5.74) is 2.88. The van der Waals surface area contributed by atoms with Crippen LogP contribution in [0.3, 0.4) is 0 Å². The van der Waals surface area contributed by atoms with Crippen molar-refractivity contribution >= 4 is 24.2 Å². The van der Waals surface area contributed by atoms with Crippen LogP contribution in [0, 0.1) is 5.82 Å². The second-order valence-corrected chi connectivity index (χ2v) is 4.96. The lowest BCUT2D eigenvalue weighted by Crippen LogP contribution is -2.47. The molecule has 0 aliphatic carbocycles. The van der Waals surface area contributed by atoms with E-state index < -0.39 is 30.3 Å². The van der Waals surface area contributed by atoms with E-state index in [0.29, 0.717) is 5.56 Å². The molecule has 2 atom stereocenters. The summed E-state index contributed by atoms with van der Waals surface area (Å²) in [7, 11) is 0. The molecular weight excluding hydrogens is 307 g/mol. The van der Waals surface area contributed by atoms with Crippen LogP contribution in [0.15, 0.2) is 29.4 Å². The number of amides is 5. The molecule has 2 heterocycles. The van der Waals surface area contributed by atoms with Gasteiger partial charge in [0.1, 0.15) is 24.7 Å². The van der Waals surface area contributed by atoms with E-state index in [-0.39, 0.29) is 12.4 Å². The van der Waals surface area contributed by atoms with E-state index in [0.717, 1.165) is 0 Å². The van der Waals surface area contributed by atoms with Crippen LogP contribution in [0.1, 0.15) is 5.56 Å². The lowest BCUT2D eigenvalue weighted by Gasteiger charge is -2.19. The minimum atomic E-state index is -0.623. The molecule has 4 N–H and O–H groups in total. The molecular formula is C13H13FN6O3. The second kappa shape index (κ2) is 5.91. The maximum absolute atomic E-state index is 12.7. The molecule has 0 radical (unpaired) electrons. The minimum absolute atomic E-state index is 0.268.